The number of ether oxygens (including phenoxy) is 1. The molecular formula is C15H23NO3. The summed E-state index contributed by atoms with van der Waals surface area (Å²) in [6, 6.07) is 2.95. The summed E-state index contributed by atoms with van der Waals surface area (Å²) in [7, 11) is 1.62. The molecule has 3 N–H and O–H groups in total. The number of methoxy groups -OCH3 is 1. The van der Waals surface area contributed by atoms with E-state index in [-0.39, 0.29) is 11.8 Å². The predicted molar refractivity (Wildman–Crippen MR) is 75.7 cm³/mol. The Balaban J connectivity index is 3.35. The fourth-order valence-corrected chi connectivity index (χ4v) is 2.66. The van der Waals surface area contributed by atoms with E-state index in [0.29, 0.717) is 0 Å². The number of aryl methyl sites for hydroxylation is 2. The normalized spacial score (nSPS) is 14.3. The van der Waals surface area contributed by atoms with Crippen LogP contribution in [0, 0.1) is 19.8 Å². The first-order chi connectivity index (χ1) is 8.79. The average Bonchev–Trinajstić information content (AvgIpc) is 2.31. The van der Waals surface area contributed by atoms with Crippen LogP contribution in [-0.2, 0) is 4.79 Å². The van der Waals surface area contributed by atoms with Gasteiger partial charge in [-0.2, -0.15) is 0 Å². The summed E-state index contributed by atoms with van der Waals surface area (Å²) in [5.74, 6) is -0.237. The topological polar surface area (TPSA) is 72.5 Å². The fourth-order valence-electron chi connectivity index (χ4n) is 2.66. The molecule has 0 aromatic heterocycles. The summed E-state index contributed by atoms with van der Waals surface area (Å²) >= 11 is 0. The number of aliphatic carboxylic acids is 1. The average molecular weight is 265 g/mol. The first-order valence-electron chi connectivity index (χ1n) is 6.43. The van der Waals surface area contributed by atoms with Gasteiger partial charge in [0.1, 0.15) is 11.8 Å². The highest BCUT2D eigenvalue weighted by Gasteiger charge is 2.30. The van der Waals surface area contributed by atoms with E-state index in [1.54, 1.807) is 7.11 Å². The summed E-state index contributed by atoms with van der Waals surface area (Å²) in [5.41, 5.74) is 8.93. The van der Waals surface area contributed by atoms with Crippen LogP contribution in [0.2, 0.25) is 0 Å². The highest BCUT2D eigenvalue weighted by Crippen LogP contribution is 2.34. The maximum Gasteiger partial charge on any atom is 0.321 e. The van der Waals surface area contributed by atoms with Crippen LogP contribution in [0.25, 0.3) is 0 Å². The molecule has 19 heavy (non-hydrogen) atoms. The van der Waals surface area contributed by atoms with Crippen molar-refractivity contribution in [1.29, 1.82) is 0 Å². The third-order valence-electron chi connectivity index (χ3n) is 3.53. The molecule has 0 amide bonds. The number of carboxylic acid groups (broad SMARTS) is 1. The smallest absolute Gasteiger partial charge is 0.321 e. The molecule has 0 fully saturated rings. The quantitative estimate of drug-likeness (QED) is 0.857. The Morgan fingerprint density at radius 2 is 1.74 bits per heavy atom. The lowest BCUT2D eigenvalue weighted by Gasteiger charge is -2.28. The Kier molecular flexibility index (Phi) is 4.95. The van der Waals surface area contributed by atoms with Gasteiger partial charge in [-0.1, -0.05) is 13.8 Å². The summed E-state index contributed by atoms with van der Waals surface area (Å²) < 4.78 is 5.23. The fraction of sp³-hybridized carbons (Fsp3) is 0.533. The van der Waals surface area contributed by atoms with Crippen LogP contribution >= 0.6 is 0 Å². The van der Waals surface area contributed by atoms with Gasteiger partial charge in [-0.25, -0.2) is 0 Å². The first-order valence-corrected chi connectivity index (χ1v) is 6.43. The Hall–Kier alpha value is -1.55. The molecule has 1 aromatic rings. The molecule has 0 saturated heterocycles. The van der Waals surface area contributed by atoms with Crippen LogP contribution in [0.1, 0.15) is 36.5 Å². The molecule has 1 rings (SSSR count). The SMILES string of the molecule is COc1cc(C)c(C(C(C)C)[C@@H](N)C(=O)O)c(C)c1. The Morgan fingerprint density at radius 1 is 1.26 bits per heavy atom. The summed E-state index contributed by atoms with van der Waals surface area (Å²) in [6.07, 6.45) is 0. The third kappa shape index (κ3) is 3.26. The van der Waals surface area contributed by atoms with Crippen molar-refractivity contribution in [3.63, 3.8) is 0 Å². The van der Waals surface area contributed by atoms with Crippen LogP contribution < -0.4 is 10.5 Å². The van der Waals surface area contributed by atoms with Crippen molar-refractivity contribution in [3.05, 3.63) is 28.8 Å². The van der Waals surface area contributed by atoms with Crippen molar-refractivity contribution >= 4 is 5.97 Å². The summed E-state index contributed by atoms with van der Waals surface area (Å²) in [4.78, 5) is 11.2. The van der Waals surface area contributed by atoms with Gasteiger partial charge in [0.15, 0.2) is 0 Å². The summed E-state index contributed by atoms with van der Waals surface area (Å²) in [5, 5.41) is 9.20. The van der Waals surface area contributed by atoms with E-state index in [9.17, 15) is 9.90 Å². The molecule has 0 bridgehead atoms. The van der Waals surface area contributed by atoms with E-state index in [2.05, 4.69) is 0 Å². The molecule has 0 aliphatic heterocycles. The van der Waals surface area contributed by atoms with Crippen molar-refractivity contribution in [2.45, 2.75) is 39.7 Å². The molecule has 1 unspecified atom stereocenters. The van der Waals surface area contributed by atoms with Crippen LogP contribution in [0.15, 0.2) is 12.1 Å². The minimum absolute atomic E-state index is 0.150. The second-order valence-electron chi connectivity index (χ2n) is 5.31. The van der Waals surface area contributed by atoms with E-state index >= 15 is 0 Å². The van der Waals surface area contributed by atoms with Gasteiger partial charge in [0.2, 0.25) is 0 Å². The number of hydrogen-bond acceptors (Lipinski definition) is 3. The number of nitrogens with two attached hydrogens (primary N) is 1. The maximum absolute atomic E-state index is 11.2. The van der Waals surface area contributed by atoms with Gasteiger partial charge in [-0.05, 0) is 48.6 Å². The van der Waals surface area contributed by atoms with Crippen LogP contribution in [0.3, 0.4) is 0 Å². The number of carbonyl (C=O) groups is 1. The minimum atomic E-state index is -0.965. The van der Waals surface area contributed by atoms with Gasteiger partial charge in [0, 0.05) is 5.92 Å². The van der Waals surface area contributed by atoms with Gasteiger partial charge in [0.25, 0.3) is 0 Å². The number of benzene rings is 1. The molecule has 2 atom stereocenters. The van der Waals surface area contributed by atoms with Crippen molar-refractivity contribution in [2.75, 3.05) is 7.11 Å². The lowest BCUT2D eigenvalue weighted by Crippen LogP contribution is -2.39. The molecule has 0 saturated carbocycles. The van der Waals surface area contributed by atoms with Crippen LogP contribution in [0.5, 0.6) is 5.75 Å². The van der Waals surface area contributed by atoms with Gasteiger partial charge in [-0.3, -0.25) is 4.79 Å². The Morgan fingerprint density at radius 3 is 2.05 bits per heavy atom. The number of carboxylic acids is 1. The van der Waals surface area contributed by atoms with Crippen molar-refractivity contribution in [3.8, 4) is 5.75 Å². The molecule has 0 aliphatic carbocycles. The molecule has 4 nitrogen and oxygen atoms in total. The summed E-state index contributed by atoms with van der Waals surface area (Å²) in [6.45, 7) is 7.93. The number of rotatable bonds is 5. The molecule has 4 heteroatoms. The van der Waals surface area contributed by atoms with Gasteiger partial charge in [-0.15, -0.1) is 0 Å². The van der Waals surface area contributed by atoms with Gasteiger partial charge >= 0.3 is 5.97 Å². The van der Waals surface area contributed by atoms with Crippen molar-refractivity contribution in [1.82, 2.24) is 0 Å². The number of hydrogen-bond donors (Lipinski definition) is 2. The predicted octanol–water partition coefficient (Wildman–Crippen LogP) is 2.46. The Labute approximate surface area is 114 Å². The standard InChI is InChI=1S/C15H23NO3/c1-8(2)12(14(16)15(17)18)13-9(3)6-11(19-5)7-10(13)4/h6-8,12,14H,16H2,1-5H3,(H,17,18)/t12?,14-/m1/s1. The first kappa shape index (κ1) is 15.5. The zero-order chi connectivity index (χ0) is 14.7. The molecule has 0 radical (unpaired) electrons. The molecule has 0 heterocycles. The largest absolute Gasteiger partial charge is 0.497 e. The highest BCUT2D eigenvalue weighted by molar-refractivity contribution is 5.75. The van der Waals surface area contributed by atoms with E-state index in [0.717, 1.165) is 22.4 Å². The molecule has 0 aliphatic rings. The molecule has 0 spiro atoms. The van der Waals surface area contributed by atoms with E-state index in [1.165, 1.54) is 0 Å². The Bertz CT molecular complexity index is 445. The maximum atomic E-state index is 11.2. The monoisotopic (exact) mass is 265 g/mol. The third-order valence-corrected chi connectivity index (χ3v) is 3.53. The van der Waals surface area contributed by atoms with Crippen molar-refractivity contribution < 1.29 is 14.6 Å². The molecular weight excluding hydrogens is 242 g/mol. The van der Waals surface area contributed by atoms with Gasteiger partial charge in [0.05, 0.1) is 7.11 Å². The molecule has 1 aromatic carbocycles. The van der Waals surface area contributed by atoms with Crippen LogP contribution in [-0.4, -0.2) is 24.2 Å². The lowest BCUT2D eigenvalue weighted by atomic mass is 9.78. The minimum Gasteiger partial charge on any atom is -0.497 e. The molecule has 106 valence electrons. The highest BCUT2D eigenvalue weighted by atomic mass is 16.5. The zero-order valence-corrected chi connectivity index (χ0v) is 12.2. The van der Waals surface area contributed by atoms with E-state index in [1.807, 2.05) is 39.8 Å². The van der Waals surface area contributed by atoms with Crippen molar-refractivity contribution in [2.24, 2.45) is 11.7 Å². The van der Waals surface area contributed by atoms with Crippen LogP contribution in [0.4, 0.5) is 0 Å². The van der Waals surface area contributed by atoms with Gasteiger partial charge < -0.3 is 15.6 Å². The zero-order valence-electron chi connectivity index (χ0n) is 12.2. The second kappa shape index (κ2) is 6.06. The van der Waals surface area contributed by atoms with E-state index in [4.69, 9.17) is 10.5 Å². The second-order valence-corrected chi connectivity index (χ2v) is 5.31. The van der Waals surface area contributed by atoms with E-state index < -0.39 is 12.0 Å². The lowest BCUT2D eigenvalue weighted by molar-refractivity contribution is -0.139.